The Morgan fingerprint density at radius 2 is 1.71 bits per heavy atom. The van der Waals surface area contributed by atoms with Crippen LogP contribution in [0.3, 0.4) is 0 Å². The van der Waals surface area contributed by atoms with Crippen molar-refractivity contribution < 1.29 is 44.6 Å². The van der Waals surface area contributed by atoms with Crippen LogP contribution in [-0.2, 0) is 12.7 Å². The summed E-state index contributed by atoms with van der Waals surface area (Å²) in [6.07, 6.45) is -0.560. The van der Waals surface area contributed by atoms with Crippen molar-refractivity contribution in [2.45, 2.75) is 83.7 Å². The zero-order valence-corrected chi connectivity index (χ0v) is 29.6. The van der Waals surface area contributed by atoms with Gasteiger partial charge in [-0.1, -0.05) is 43.7 Å². The van der Waals surface area contributed by atoms with E-state index in [1.807, 2.05) is 24.8 Å². The second-order valence-electron chi connectivity index (χ2n) is 12.3. The maximum absolute atomic E-state index is 14.0. The van der Waals surface area contributed by atoms with Gasteiger partial charge in [0.05, 0.1) is 11.2 Å². The highest BCUT2D eigenvalue weighted by Crippen LogP contribution is 2.37. The molecule has 0 aliphatic carbocycles. The molecule has 3 rings (SSSR count). The number of alkyl halides is 9. The number of benzene rings is 1. The van der Waals surface area contributed by atoms with Crippen molar-refractivity contribution in [3.8, 4) is 12.3 Å². The first kappa shape index (κ1) is 44.0. The topological polar surface area (TPSA) is 66.4 Å². The lowest BCUT2D eigenvalue weighted by Gasteiger charge is -2.41. The molecule has 2 aliphatic rings. The van der Waals surface area contributed by atoms with Crippen molar-refractivity contribution in [3.05, 3.63) is 94.6 Å². The lowest BCUT2D eigenvalue weighted by atomic mass is 9.88. The Kier molecular flexibility index (Phi) is 15.7. The number of nitrogens with one attached hydrogen (secondary N) is 2. The lowest BCUT2D eigenvalue weighted by Crippen LogP contribution is -2.46. The zero-order valence-electron chi connectivity index (χ0n) is 29.6. The number of hydrogen-bond donors (Lipinski definition) is 3. The molecule has 0 radical (unpaired) electrons. The zero-order chi connectivity index (χ0) is 39.5. The van der Waals surface area contributed by atoms with Crippen LogP contribution in [-0.4, -0.2) is 70.6 Å². The smallest absolute Gasteiger partial charge is 0.386 e. The molecule has 3 N–H and O–H groups in total. The van der Waals surface area contributed by atoms with Gasteiger partial charge in [0.2, 0.25) is 5.96 Å². The third-order valence-corrected chi connectivity index (χ3v) is 8.24. The van der Waals surface area contributed by atoms with Crippen molar-refractivity contribution in [2.75, 3.05) is 26.7 Å². The highest BCUT2D eigenvalue weighted by Gasteiger charge is 2.37. The predicted molar refractivity (Wildman–Crippen MR) is 184 cm³/mol. The minimum absolute atomic E-state index is 0.0557. The molecule has 1 aromatic rings. The second-order valence-corrected chi connectivity index (χ2v) is 12.3. The van der Waals surface area contributed by atoms with Crippen LogP contribution in [0.4, 0.5) is 39.5 Å². The molecule has 16 heteroatoms. The first-order chi connectivity index (χ1) is 24.1. The fraction of sp³-hybridized carbons (Fsp3) is 0.472. The normalized spacial score (nSPS) is 18.3. The summed E-state index contributed by atoms with van der Waals surface area (Å²) in [4.78, 5) is 3.29. The largest absolute Gasteiger partial charge is 0.416 e. The van der Waals surface area contributed by atoms with Gasteiger partial charge < -0.3 is 10.0 Å². The number of nitrogens with zero attached hydrogens (tertiary/aromatic N) is 4. The van der Waals surface area contributed by atoms with E-state index in [0.29, 0.717) is 57.0 Å². The number of terminal acetylenes is 1. The fourth-order valence-corrected chi connectivity index (χ4v) is 5.61. The van der Waals surface area contributed by atoms with Crippen molar-refractivity contribution in [2.24, 2.45) is 5.10 Å². The van der Waals surface area contributed by atoms with Gasteiger partial charge in [-0.3, -0.25) is 10.3 Å². The lowest BCUT2D eigenvalue weighted by molar-refractivity contribution is -0.137. The molecular weight excluding hydrogens is 703 g/mol. The number of allylic oxidation sites excluding steroid dienone is 6. The Morgan fingerprint density at radius 3 is 2.15 bits per heavy atom. The van der Waals surface area contributed by atoms with Gasteiger partial charge in [-0.15, -0.1) is 16.6 Å². The minimum Gasteiger partial charge on any atom is -0.386 e. The molecule has 0 aromatic heterocycles. The second kappa shape index (κ2) is 18.5. The van der Waals surface area contributed by atoms with Gasteiger partial charge in [-0.05, 0) is 87.1 Å². The summed E-state index contributed by atoms with van der Waals surface area (Å²) in [5.41, 5.74) is 0.876. The van der Waals surface area contributed by atoms with Crippen LogP contribution < -0.4 is 11.0 Å². The molecule has 2 aliphatic heterocycles. The van der Waals surface area contributed by atoms with Crippen LogP contribution in [0.2, 0.25) is 0 Å². The van der Waals surface area contributed by atoms with Gasteiger partial charge in [0.1, 0.15) is 0 Å². The molecule has 1 unspecified atom stereocenters. The summed E-state index contributed by atoms with van der Waals surface area (Å²) in [6.45, 7) is 9.05. The van der Waals surface area contributed by atoms with E-state index in [1.165, 1.54) is 23.1 Å². The number of rotatable bonds is 10. The maximum atomic E-state index is 14.0. The number of piperidine rings is 1. The molecule has 0 amide bonds. The predicted octanol–water partition coefficient (Wildman–Crippen LogP) is 8.34. The van der Waals surface area contributed by atoms with Gasteiger partial charge in [0.15, 0.2) is 0 Å². The molecule has 0 saturated carbocycles. The number of hydrogen-bond acceptors (Lipinski definition) is 7. The summed E-state index contributed by atoms with van der Waals surface area (Å²) in [5.74, 6) is 2.28. The molecule has 52 heavy (non-hydrogen) atoms. The summed E-state index contributed by atoms with van der Waals surface area (Å²) in [5, 5.41) is 16.1. The van der Waals surface area contributed by atoms with Gasteiger partial charge in [-0.25, -0.2) is 5.53 Å². The highest BCUT2D eigenvalue weighted by atomic mass is 19.4. The van der Waals surface area contributed by atoms with Gasteiger partial charge in [0.25, 0.3) is 0 Å². The third kappa shape index (κ3) is 13.1. The number of halogens is 9. The van der Waals surface area contributed by atoms with E-state index in [2.05, 4.69) is 28.6 Å². The van der Waals surface area contributed by atoms with E-state index in [-0.39, 0.29) is 18.1 Å². The minimum atomic E-state index is -4.95. The number of hydrazine groups is 2. The van der Waals surface area contributed by atoms with E-state index in [0.717, 1.165) is 12.1 Å². The molecule has 1 fully saturated rings. The molecular formula is C36H45F9N6O. The third-order valence-electron chi connectivity index (χ3n) is 8.24. The summed E-state index contributed by atoms with van der Waals surface area (Å²) < 4.78 is 123. The molecule has 1 saturated heterocycles. The fourth-order valence-electron chi connectivity index (χ4n) is 5.61. The number of likely N-dealkylation sites (tertiary alicyclic amines) is 1. The molecule has 7 nitrogen and oxygen atoms in total. The SMILES string of the molecule is C#C/C=C\C.C=C(/C=C(\C=C(/C)C(F)(F)F)CN(Cc1cc(C(F)(F)F)ccc1C(CC)N1CCC(O)(/C=C/C)CC1)C1=NNN(C)N1)C(F)(F)F. The molecule has 0 spiro atoms. The number of hydrazone groups is 1. The molecule has 0 bridgehead atoms. The van der Waals surface area contributed by atoms with E-state index >= 15 is 0 Å². The number of guanidine groups is 1. The van der Waals surface area contributed by atoms with E-state index in [1.54, 1.807) is 25.2 Å². The summed E-state index contributed by atoms with van der Waals surface area (Å²) in [6, 6.07) is 2.82. The van der Waals surface area contributed by atoms with Crippen LogP contribution in [0.5, 0.6) is 0 Å². The van der Waals surface area contributed by atoms with Crippen molar-refractivity contribution in [1.29, 1.82) is 0 Å². The average molecular weight is 749 g/mol. The van der Waals surface area contributed by atoms with Crippen molar-refractivity contribution >= 4 is 5.96 Å². The maximum Gasteiger partial charge on any atom is 0.416 e. The van der Waals surface area contributed by atoms with Crippen LogP contribution in [0.1, 0.15) is 69.7 Å². The average Bonchev–Trinajstić information content (AvgIpc) is 3.48. The Hall–Kier alpha value is -4.20. The molecule has 2 heterocycles. The Labute approximate surface area is 298 Å². The number of aliphatic hydroxyl groups is 1. The van der Waals surface area contributed by atoms with E-state index < -0.39 is 59.0 Å². The molecule has 288 valence electrons. The highest BCUT2D eigenvalue weighted by molar-refractivity contribution is 5.80. The summed E-state index contributed by atoms with van der Waals surface area (Å²) >= 11 is 0. The Bertz CT molecular complexity index is 1560. The van der Waals surface area contributed by atoms with Crippen molar-refractivity contribution in [1.82, 2.24) is 25.9 Å². The van der Waals surface area contributed by atoms with Crippen LogP contribution in [0.25, 0.3) is 0 Å². The van der Waals surface area contributed by atoms with Crippen molar-refractivity contribution in [3.63, 3.8) is 0 Å². The van der Waals surface area contributed by atoms with Gasteiger partial charge in [0, 0.05) is 50.4 Å². The van der Waals surface area contributed by atoms with Gasteiger partial charge >= 0.3 is 18.5 Å². The Morgan fingerprint density at radius 1 is 1.08 bits per heavy atom. The summed E-state index contributed by atoms with van der Waals surface area (Å²) in [7, 11) is 1.48. The van der Waals surface area contributed by atoms with E-state index in [9.17, 15) is 44.6 Å². The first-order valence-corrected chi connectivity index (χ1v) is 16.3. The molecule has 1 aromatic carbocycles. The molecule has 1 atom stereocenters. The van der Waals surface area contributed by atoms with Gasteiger partial charge in [-0.2, -0.15) is 39.5 Å². The standard InChI is InChI=1S/C31H39F9N6O.C5H6/c1-6-10-28(47)11-13-45(14-12-28)26(7-2)25-9-8-24(31(38,39)40)17-23(25)19-46(27-41-43-44(5)42-27)18-22(15-20(3)29(32,33)34)16-21(4)30(35,36)37;1-3-5-4-2/h6,8-10,15-17,26,43,47H,3,7,11-14,18-19H2,1-2,4-5H3,(H,41,42);1,4-5H,2H3/b10-6+,21-16+,22-15+;5-4-. The first-order valence-electron chi connectivity index (χ1n) is 16.3. The quantitative estimate of drug-likeness (QED) is 0.0969. The Balaban J connectivity index is 0.00000175. The monoisotopic (exact) mass is 748 g/mol. The van der Waals surface area contributed by atoms with Crippen LogP contribution in [0, 0.1) is 12.3 Å². The van der Waals surface area contributed by atoms with E-state index in [4.69, 9.17) is 6.42 Å². The van der Waals surface area contributed by atoms with Crippen LogP contribution in [0.15, 0.2) is 83.1 Å². The van der Waals surface area contributed by atoms with Crippen LogP contribution >= 0.6 is 0 Å².